The number of hydrogen-bond donors (Lipinski definition) is 1. The van der Waals surface area contributed by atoms with Crippen molar-refractivity contribution in [3.05, 3.63) is 34.9 Å². The molecule has 0 bridgehead atoms. The molecule has 0 aromatic heterocycles. The Kier molecular flexibility index (Phi) is 4.89. The lowest BCUT2D eigenvalue weighted by Crippen LogP contribution is -2.37. The molecule has 6 heteroatoms. The largest absolute Gasteiger partial charge is 0.444 e. The van der Waals surface area contributed by atoms with Crippen LogP contribution in [0.2, 0.25) is 5.02 Å². The molecule has 0 saturated carbocycles. The van der Waals surface area contributed by atoms with Crippen molar-refractivity contribution in [3.8, 4) is 0 Å². The minimum atomic E-state index is -1.69. The van der Waals surface area contributed by atoms with E-state index in [0.717, 1.165) is 0 Å². The van der Waals surface area contributed by atoms with E-state index in [4.69, 9.17) is 16.3 Å². The lowest BCUT2D eigenvalue weighted by atomic mass is 10.1. The molecule has 0 aliphatic rings. The Morgan fingerprint density at radius 1 is 1.37 bits per heavy atom. The van der Waals surface area contributed by atoms with Crippen molar-refractivity contribution in [2.24, 2.45) is 0 Å². The van der Waals surface area contributed by atoms with Crippen molar-refractivity contribution in [1.82, 2.24) is 5.32 Å². The fraction of sp³-hybridized carbons (Fsp3) is 0.385. The van der Waals surface area contributed by atoms with E-state index in [1.165, 1.54) is 12.1 Å². The number of amides is 1. The van der Waals surface area contributed by atoms with Crippen LogP contribution in [0.1, 0.15) is 32.4 Å². The maximum absolute atomic E-state index is 13.0. The lowest BCUT2D eigenvalue weighted by molar-refractivity contribution is -0.131. The molecule has 1 aromatic carbocycles. The van der Waals surface area contributed by atoms with Crippen molar-refractivity contribution >= 4 is 23.7 Å². The average Bonchev–Trinajstić information content (AvgIpc) is 2.23. The molecule has 1 unspecified atom stereocenters. The second-order valence-corrected chi connectivity index (χ2v) is 5.37. The summed E-state index contributed by atoms with van der Waals surface area (Å²) in [4.78, 5) is 22.5. The summed E-state index contributed by atoms with van der Waals surface area (Å²) < 4.78 is 18.0. The number of carbonyl (C=O) groups excluding carboxylic acids is 2. The second kappa shape index (κ2) is 6.02. The first-order chi connectivity index (χ1) is 8.69. The molecule has 0 spiro atoms. The maximum Gasteiger partial charge on any atom is 0.408 e. The Balaban J connectivity index is 2.85. The minimum absolute atomic E-state index is 0.255. The SMILES string of the molecule is CC(C)(C)OC(=O)NC(C(=O)F)c1cccc(Cl)c1. The van der Waals surface area contributed by atoms with Gasteiger partial charge in [-0.1, -0.05) is 23.7 Å². The Morgan fingerprint density at radius 2 is 2.00 bits per heavy atom. The molecular weight excluding hydrogens is 273 g/mol. The highest BCUT2D eigenvalue weighted by Crippen LogP contribution is 2.20. The van der Waals surface area contributed by atoms with E-state index < -0.39 is 23.8 Å². The predicted molar refractivity (Wildman–Crippen MR) is 69.7 cm³/mol. The van der Waals surface area contributed by atoms with Crippen molar-refractivity contribution in [3.63, 3.8) is 0 Å². The van der Waals surface area contributed by atoms with Crippen LogP contribution in [-0.2, 0) is 9.53 Å². The first-order valence-electron chi connectivity index (χ1n) is 5.63. The Morgan fingerprint density at radius 3 is 2.47 bits per heavy atom. The van der Waals surface area contributed by atoms with Gasteiger partial charge in [0.1, 0.15) is 11.6 Å². The van der Waals surface area contributed by atoms with E-state index in [1.807, 2.05) is 0 Å². The molecule has 104 valence electrons. The Bertz CT molecular complexity index is 485. The molecule has 1 N–H and O–H groups in total. The van der Waals surface area contributed by atoms with Gasteiger partial charge in [0.25, 0.3) is 0 Å². The van der Waals surface area contributed by atoms with Gasteiger partial charge >= 0.3 is 12.1 Å². The van der Waals surface area contributed by atoms with Crippen LogP contribution in [0.4, 0.5) is 9.18 Å². The molecule has 0 heterocycles. The van der Waals surface area contributed by atoms with Crippen LogP contribution >= 0.6 is 11.6 Å². The first kappa shape index (κ1) is 15.4. The smallest absolute Gasteiger partial charge is 0.408 e. The highest BCUT2D eigenvalue weighted by Gasteiger charge is 2.25. The van der Waals surface area contributed by atoms with Crippen LogP contribution < -0.4 is 5.32 Å². The highest BCUT2D eigenvalue weighted by atomic mass is 35.5. The third kappa shape index (κ3) is 5.26. The van der Waals surface area contributed by atoms with Gasteiger partial charge in [-0.2, -0.15) is 4.39 Å². The van der Waals surface area contributed by atoms with Gasteiger partial charge in [0.05, 0.1) is 0 Å². The summed E-state index contributed by atoms with van der Waals surface area (Å²) in [7, 11) is 0. The van der Waals surface area contributed by atoms with Gasteiger partial charge < -0.3 is 10.1 Å². The lowest BCUT2D eigenvalue weighted by Gasteiger charge is -2.22. The molecule has 1 amide bonds. The zero-order valence-electron chi connectivity index (χ0n) is 10.9. The summed E-state index contributed by atoms with van der Waals surface area (Å²) in [6.45, 7) is 4.99. The van der Waals surface area contributed by atoms with E-state index in [9.17, 15) is 14.0 Å². The number of halogens is 2. The Labute approximate surface area is 115 Å². The van der Waals surface area contributed by atoms with E-state index in [1.54, 1.807) is 32.9 Å². The molecular formula is C13H15ClFNO3. The standard InChI is InChI=1S/C13H15ClFNO3/c1-13(2,3)19-12(18)16-10(11(15)17)8-5-4-6-9(14)7-8/h4-7,10H,1-3H3,(H,16,18). The topological polar surface area (TPSA) is 55.4 Å². The van der Waals surface area contributed by atoms with Crippen LogP contribution in [0.3, 0.4) is 0 Å². The zero-order chi connectivity index (χ0) is 14.6. The Hall–Kier alpha value is -1.62. The number of alkyl carbamates (subject to hydrolysis) is 1. The van der Waals surface area contributed by atoms with Gasteiger partial charge in [0.15, 0.2) is 0 Å². The molecule has 19 heavy (non-hydrogen) atoms. The van der Waals surface area contributed by atoms with Gasteiger partial charge in [-0.15, -0.1) is 0 Å². The van der Waals surface area contributed by atoms with Gasteiger partial charge in [-0.25, -0.2) is 4.79 Å². The summed E-state index contributed by atoms with van der Waals surface area (Å²) in [6, 6.07) is 2.93. The third-order valence-electron chi connectivity index (χ3n) is 2.07. The van der Waals surface area contributed by atoms with Crippen LogP contribution in [0, 0.1) is 0 Å². The number of nitrogens with one attached hydrogen (secondary N) is 1. The molecule has 0 aliphatic carbocycles. The summed E-state index contributed by atoms with van der Waals surface area (Å²) >= 11 is 5.76. The highest BCUT2D eigenvalue weighted by molar-refractivity contribution is 6.30. The van der Waals surface area contributed by atoms with Crippen LogP contribution in [-0.4, -0.2) is 17.7 Å². The third-order valence-corrected chi connectivity index (χ3v) is 2.31. The van der Waals surface area contributed by atoms with Crippen LogP contribution in [0.5, 0.6) is 0 Å². The quantitative estimate of drug-likeness (QED) is 0.867. The van der Waals surface area contributed by atoms with Crippen molar-refractivity contribution < 1.29 is 18.7 Å². The fourth-order valence-corrected chi connectivity index (χ4v) is 1.58. The average molecular weight is 288 g/mol. The molecule has 1 rings (SSSR count). The van der Waals surface area contributed by atoms with Gasteiger partial charge in [0.2, 0.25) is 0 Å². The van der Waals surface area contributed by atoms with E-state index >= 15 is 0 Å². The summed E-state index contributed by atoms with van der Waals surface area (Å²) in [5.74, 6) is 0. The van der Waals surface area contributed by atoms with Gasteiger partial charge in [-0.3, -0.25) is 4.79 Å². The first-order valence-corrected chi connectivity index (χ1v) is 6.01. The van der Waals surface area contributed by atoms with Crippen LogP contribution in [0.15, 0.2) is 24.3 Å². The molecule has 1 atom stereocenters. The number of carbonyl (C=O) groups is 2. The zero-order valence-corrected chi connectivity index (χ0v) is 11.6. The van der Waals surface area contributed by atoms with E-state index in [-0.39, 0.29) is 5.56 Å². The number of ether oxygens (including phenoxy) is 1. The van der Waals surface area contributed by atoms with Crippen molar-refractivity contribution in [2.75, 3.05) is 0 Å². The molecule has 4 nitrogen and oxygen atoms in total. The molecule has 0 radical (unpaired) electrons. The molecule has 0 saturated heterocycles. The fourth-order valence-electron chi connectivity index (χ4n) is 1.38. The maximum atomic E-state index is 13.0. The summed E-state index contributed by atoms with van der Waals surface area (Å²) in [5, 5.41) is 2.51. The van der Waals surface area contributed by atoms with E-state index in [2.05, 4.69) is 5.32 Å². The number of hydrogen-bond acceptors (Lipinski definition) is 3. The van der Waals surface area contributed by atoms with Crippen molar-refractivity contribution in [2.45, 2.75) is 32.4 Å². The van der Waals surface area contributed by atoms with Crippen molar-refractivity contribution in [1.29, 1.82) is 0 Å². The van der Waals surface area contributed by atoms with E-state index in [0.29, 0.717) is 5.02 Å². The molecule has 1 aromatic rings. The van der Waals surface area contributed by atoms with Gasteiger partial charge in [-0.05, 0) is 38.5 Å². The molecule has 0 fully saturated rings. The number of benzene rings is 1. The summed E-state index contributed by atoms with van der Waals surface area (Å²) in [6.07, 6.45) is -0.872. The predicted octanol–water partition coefficient (Wildman–Crippen LogP) is 3.40. The minimum Gasteiger partial charge on any atom is -0.444 e. The monoisotopic (exact) mass is 287 g/mol. The normalized spacial score (nSPS) is 12.7. The number of rotatable bonds is 3. The molecule has 0 aliphatic heterocycles. The summed E-state index contributed by atoms with van der Waals surface area (Å²) in [5.41, 5.74) is -0.478. The second-order valence-electron chi connectivity index (χ2n) is 4.94. The van der Waals surface area contributed by atoms with Gasteiger partial charge in [0, 0.05) is 5.02 Å². The van der Waals surface area contributed by atoms with Crippen LogP contribution in [0.25, 0.3) is 0 Å².